The Kier molecular flexibility index (Phi) is 5.36. The molecule has 1 atom stereocenters. The number of carbonyl (C=O) groups is 1. The Hall–Kier alpha value is -1.59. The van der Waals surface area contributed by atoms with Crippen molar-refractivity contribution >= 4 is 5.91 Å². The second kappa shape index (κ2) is 6.00. The predicted octanol–water partition coefficient (Wildman–Crippen LogP) is 0.237. The fourth-order valence-electron chi connectivity index (χ4n) is 1.13. The Morgan fingerprint density at radius 1 is 1.40 bits per heavy atom. The van der Waals surface area contributed by atoms with Crippen LogP contribution in [0.15, 0.2) is 0 Å². The van der Waals surface area contributed by atoms with E-state index >= 15 is 0 Å². The van der Waals surface area contributed by atoms with Crippen molar-refractivity contribution in [1.82, 2.24) is 4.90 Å². The molecule has 0 aliphatic heterocycles. The average molecular weight is 208 g/mol. The van der Waals surface area contributed by atoms with Gasteiger partial charge in [0.05, 0.1) is 17.6 Å². The van der Waals surface area contributed by atoms with Gasteiger partial charge < -0.3 is 10.6 Å². The summed E-state index contributed by atoms with van der Waals surface area (Å²) in [6, 6.07) is 3.73. The van der Waals surface area contributed by atoms with Crippen LogP contribution >= 0.6 is 0 Å². The first-order valence-electron chi connectivity index (χ1n) is 4.79. The lowest BCUT2D eigenvalue weighted by molar-refractivity contribution is -0.139. The van der Waals surface area contributed by atoms with Crippen LogP contribution in [-0.4, -0.2) is 30.4 Å². The maximum Gasteiger partial charge on any atom is 0.231 e. The van der Waals surface area contributed by atoms with Crippen molar-refractivity contribution in [3.8, 4) is 12.1 Å². The quantitative estimate of drug-likeness (QED) is 0.655. The molecular formula is C10H16N4O. The van der Waals surface area contributed by atoms with Gasteiger partial charge in [-0.3, -0.25) is 4.79 Å². The molecule has 5 nitrogen and oxygen atoms in total. The maximum atomic E-state index is 12.0. The SMILES string of the molecule is CCC(C)(CN)C(=O)N(CC#N)CC#N. The Bertz CT molecular complexity index is 280. The minimum absolute atomic E-state index is 0.0675. The molecule has 0 saturated heterocycles. The number of hydrogen-bond acceptors (Lipinski definition) is 4. The Labute approximate surface area is 90.1 Å². The second-order valence-corrected chi connectivity index (χ2v) is 3.60. The topological polar surface area (TPSA) is 93.9 Å². The van der Waals surface area contributed by atoms with E-state index in [-0.39, 0.29) is 25.5 Å². The molecular weight excluding hydrogens is 192 g/mol. The number of nitriles is 2. The van der Waals surface area contributed by atoms with E-state index in [9.17, 15) is 4.79 Å². The summed E-state index contributed by atoms with van der Waals surface area (Å²) in [7, 11) is 0. The highest BCUT2D eigenvalue weighted by Crippen LogP contribution is 2.22. The molecule has 2 N–H and O–H groups in total. The molecule has 0 saturated carbocycles. The van der Waals surface area contributed by atoms with Gasteiger partial charge in [0.2, 0.25) is 5.91 Å². The van der Waals surface area contributed by atoms with E-state index in [0.29, 0.717) is 6.42 Å². The molecule has 1 unspecified atom stereocenters. The summed E-state index contributed by atoms with van der Waals surface area (Å²) in [6.45, 7) is 3.69. The third-order valence-electron chi connectivity index (χ3n) is 2.56. The van der Waals surface area contributed by atoms with Crippen LogP contribution in [0.4, 0.5) is 0 Å². The van der Waals surface area contributed by atoms with E-state index in [2.05, 4.69) is 0 Å². The summed E-state index contributed by atoms with van der Waals surface area (Å²) in [5.41, 5.74) is 4.86. The van der Waals surface area contributed by atoms with E-state index in [1.54, 1.807) is 6.92 Å². The molecule has 82 valence electrons. The molecule has 0 spiro atoms. The molecule has 0 fully saturated rings. The average Bonchev–Trinajstić information content (AvgIpc) is 2.26. The lowest BCUT2D eigenvalue weighted by Crippen LogP contribution is -2.46. The number of amides is 1. The highest BCUT2D eigenvalue weighted by atomic mass is 16.2. The van der Waals surface area contributed by atoms with Crippen LogP contribution < -0.4 is 5.73 Å². The number of hydrogen-bond donors (Lipinski definition) is 1. The summed E-state index contributed by atoms with van der Waals surface area (Å²) in [6.07, 6.45) is 0.593. The summed E-state index contributed by atoms with van der Waals surface area (Å²) in [5.74, 6) is -0.226. The maximum absolute atomic E-state index is 12.0. The number of nitrogens with two attached hydrogens (primary N) is 1. The second-order valence-electron chi connectivity index (χ2n) is 3.60. The molecule has 0 rings (SSSR count). The normalized spacial score (nSPS) is 13.4. The number of carbonyl (C=O) groups excluding carboxylic acids is 1. The highest BCUT2D eigenvalue weighted by Gasteiger charge is 2.33. The van der Waals surface area contributed by atoms with Crippen LogP contribution in [0.2, 0.25) is 0 Å². The first-order valence-corrected chi connectivity index (χ1v) is 4.79. The zero-order chi connectivity index (χ0) is 11.9. The van der Waals surface area contributed by atoms with Gasteiger partial charge in [-0.1, -0.05) is 6.92 Å². The molecule has 0 radical (unpaired) electrons. The van der Waals surface area contributed by atoms with Gasteiger partial charge in [0, 0.05) is 6.54 Å². The van der Waals surface area contributed by atoms with Gasteiger partial charge >= 0.3 is 0 Å². The van der Waals surface area contributed by atoms with Crippen LogP contribution in [0.3, 0.4) is 0 Å². The molecule has 0 heterocycles. The van der Waals surface area contributed by atoms with Gasteiger partial charge in [-0.15, -0.1) is 0 Å². The Balaban J connectivity index is 4.78. The van der Waals surface area contributed by atoms with Crippen LogP contribution in [-0.2, 0) is 4.79 Å². The van der Waals surface area contributed by atoms with Gasteiger partial charge in [0.15, 0.2) is 0 Å². The standard InChI is InChI=1S/C10H16N4O/c1-3-10(2,8-13)9(15)14(6-4-11)7-5-12/h3,6-8,13H2,1-2H3. The van der Waals surface area contributed by atoms with Crippen LogP contribution in [0.5, 0.6) is 0 Å². The van der Waals surface area contributed by atoms with Crippen molar-refractivity contribution in [3.05, 3.63) is 0 Å². The summed E-state index contributed by atoms with van der Waals surface area (Å²) < 4.78 is 0. The predicted molar refractivity (Wildman–Crippen MR) is 55.3 cm³/mol. The van der Waals surface area contributed by atoms with Crippen molar-refractivity contribution in [3.63, 3.8) is 0 Å². The van der Waals surface area contributed by atoms with Crippen LogP contribution in [0.25, 0.3) is 0 Å². The molecule has 15 heavy (non-hydrogen) atoms. The summed E-state index contributed by atoms with van der Waals surface area (Å²) >= 11 is 0. The van der Waals surface area contributed by atoms with E-state index in [0.717, 1.165) is 0 Å². The first-order chi connectivity index (χ1) is 7.05. The molecule has 0 aliphatic rings. The van der Waals surface area contributed by atoms with Gasteiger partial charge in [0.1, 0.15) is 13.1 Å². The van der Waals surface area contributed by atoms with E-state index in [1.807, 2.05) is 19.1 Å². The van der Waals surface area contributed by atoms with Gasteiger partial charge in [-0.2, -0.15) is 10.5 Å². The largest absolute Gasteiger partial charge is 0.329 e. The monoisotopic (exact) mass is 208 g/mol. The van der Waals surface area contributed by atoms with Gasteiger partial charge in [0.25, 0.3) is 0 Å². The van der Waals surface area contributed by atoms with Crippen molar-refractivity contribution in [2.45, 2.75) is 20.3 Å². The van der Waals surface area contributed by atoms with E-state index in [4.69, 9.17) is 16.3 Å². The Morgan fingerprint density at radius 2 is 1.87 bits per heavy atom. The van der Waals surface area contributed by atoms with Crippen molar-refractivity contribution in [2.24, 2.45) is 11.1 Å². The molecule has 0 aromatic rings. The Morgan fingerprint density at radius 3 is 2.13 bits per heavy atom. The summed E-state index contributed by atoms with van der Waals surface area (Å²) in [4.78, 5) is 13.2. The zero-order valence-electron chi connectivity index (χ0n) is 9.16. The van der Waals surface area contributed by atoms with Crippen molar-refractivity contribution in [1.29, 1.82) is 10.5 Å². The minimum Gasteiger partial charge on any atom is -0.329 e. The molecule has 0 aromatic heterocycles. The van der Waals surface area contributed by atoms with E-state index in [1.165, 1.54) is 4.90 Å². The van der Waals surface area contributed by atoms with Crippen molar-refractivity contribution in [2.75, 3.05) is 19.6 Å². The fraction of sp³-hybridized carbons (Fsp3) is 0.700. The third-order valence-corrected chi connectivity index (χ3v) is 2.56. The first kappa shape index (κ1) is 13.4. The zero-order valence-corrected chi connectivity index (χ0v) is 9.16. The fourth-order valence-corrected chi connectivity index (χ4v) is 1.13. The lowest BCUT2D eigenvalue weighted by atomic mass is 9.86. The third kappa shape index (κ3) is 3.23. The summed E-state index contributed by atoms with van der Waals surface area (Å²) in [5, 5.41) is 17.1. The lowest BCUT2D eigenvalue weighted by Gasteiger charge is -2.30. The minimum atomic E-state index is -0.673. The van der Waals surface area contributed by atoms with E-state index < -0.39 is 5.41 Å². The molecule has 0 bridgehead atoms. The van der Waals surface area contributed by atoms with Gasteiger partial charge in [-0.25, -0.2) is 0 Å². The number of rotatable bonds is 5. The molecule has 5 heteroatoms. The number of nitrogens with zero attached hydrogens (tertiary/aromatic N) is 3. The van der Waals surface area contributed by atoms with Crippen LogP contribution in [0.1, 0.15) is 20.3 Å². The molecule has 0 aliphatic carbocycles. The smallest absolute Gasteiger partial charge is 0.231 e. The van der Waals surface area contributed by atoms with Gasteiger partial charge in [-0.05, 0) is 13.3 Å². The highest BCUT2D eigenvalue weighted by molar-refractivity contribution is 5.83. The van der Waals surface area contributed by atoms with Crippen molar-refractivity contribution < 1.29 is 4.79 Å². The molecule has 0 aromatic carbocycles. The van der Waals surface area contributed by atoms with Crippen LogP contribution in [0, 0.1) is 28.1 Å². The molecule has 1 amide bonds.